The molecule has 0 radical (unpaired) electrons. The highest BCUT2D eigenvalue weighted by Gasteiger charge is 2.16. The Kier molecular flexibility index (Phi) is 4.28. The van der Waals surface area contributed by atoms with Gasteiger partial charge in [0.15, 0.2) is 0 Å². The quantitative estimate of drug-likeness (QED) is 0.500. The molecule has 0 unspecified atom stereocenters. The fraction of sp³-hybridized carbons (Fsp3) is 0.125. The van der Waals surface area contributed by atoms with E-state index >= 15 is 0 Å². The Morgan fingerprint density at radius 2 is 1.41 bits per heavy atom. The van der Waals surface area contributed by atoms with Gasteiger partial charge in [-0.3, -0.25) is 9.36 Å². The second-order valence-corrected chi connectivity index (χ2v) is 6.72. The number of pyridine rings is 1. The van der Waals surface area contributed by atoms with Gasteiger partial charge in [0, 0.05) is 11.1 Å². The molecule has 0 saturated heterocycles. The third-order valence-electron chi connectivity index (χ3n) is 5.00. The lowest BCUT2D eigenvalue weighted by atomic mass is 9.99. The number of rotatable bonds is 3. The smallest absolute Gasteiger partial charge is 0.263 e. The molecular weight excluding hydrogens is 334 g/mol. The van der Waals surface area contributed by atoms with Crippen molar-refractivity contribution in [1.82, 2.24) is 4.57 Å². The zero-order valence-electron chi connectivity index (χ0n) is 15.7. The summed E-state index contributed by atoms with van der Waals surface area (Å²) in [5.41, 5.74) is 4.99. The Morgan fingerprint density at radius 1 is 0.778 bits per heavy atom. The number of methoxy groups -OCH3 is 1. The molecule has 0 bridgehead atoms. The summed E-state index contributed by atoms with van der Waals surface area (Å²) in [6.45, 7) is 4.12. The summed E-state index contributed by atoms with van der Waals surface area (Å²) in [6, 6.07) is 23.7. The Morgan fingerprint density at radius 3 is 2.04 bits per heavy atom. The van der Waals surface area contributed by atoms with E-state index in [0.717, 1.165) is 44.6 Å². The van der Waals surface area contributed by atoms with E-state index in [1.165, 1.54) is 0 Å². The predicted molar refractivity (Wildman–Crippen MR) is 111 cm³/mol. The number of hydrogen-bond acceptors (Lipinski definition) is 2. The Hall–Kier alpha value is -3.33. The maximum Gasteiger partial charge on any atom is 0.263 e. The summed E-state index contributed by atoms with van der Waals surface area (Å²) < 4.78 is 7.11. The highest BCUT2D eigenvalue weighted by Crippen LogP contribution is 2.31. The lowest BCUT2D eigenvalue weighted by molar-refractivity contribution is 0.415. The summed E-state index contributed by atoms with van der Waals surface area (Å²) in [4.78, 5) is 13.4. The van der Waals surface area contributed by atoms with Crippen molar-refractivity contribution in [2.24, 2.45) is 0 Å². The monoisotopic (exact) mass is 355 g/mol. The molecule has 0 aliphatic carbocycles. The first-order valence-corrected chi connectivity index (χ1v) is 8.96. The topological polar surface area (TPSA) is 31.2 Å². The molecule has 0 atom stereocenters. The van der Waals surface area contributed by atoms with Crippen LogP contribution in [-0.2, 0) is 0 Å². The van der Waals surface area contributed by atoms with Crippen molar-refractivity contribution in [1.29, 1.82) is 0 Å². The molecule has 134 valence electrons. The summed E-state index contributed by atoms with van der Waals surface area (Å²) in [5, 5.41) is 1.71. The van der Waals surface area contributed by atoms with E-state index in [1.807, 2.05) is 84.3 Å². The number of aryl methyl sites for hydroxylation is 2. The molecule has 0 aliphatic heterocycles. The maximum absolute atomic E-state index is 13.4. The van der Waals surface area contributed by atoms with Crippen LogP contribution in [0.3, 0.4) is 0 Å². The summed E-state index contributed by atoms with van der Waals surface area (Å²) in [6.07, 6.45) is 0. The molecule has 4 rings (SSSR count). The van der Waals surface area contributed by atoms with Crippen LogP contribution in [0, 0.1) is 13.8 Å². The molecule has 0 fully saturated rings. The van der Waals surface area contributed by atoms with Crippen molar-refractivity contribution in [2.75, 3.05) is 7.11 Å². The van der Waals surface area contributed by atoms with Crippen LogP contribution in [0.25, 0.3) is 27.7 Å². The van der Waals surface area contributed by atoms with Crippen LogP contribution in [-0.4, -0.2) is 11.7 Å². The SMILES string of the molecule is COc1ccc(-c2c(C)c3ccccc3c(=O)n2-c2ccc(C)cc2)cc1. The van der Waals surface area contributed by atoms with E-state index in [2.05, 4.69) is 6.92 Å². The maximum atomic E-state index is 13.4. The van der Waals surface area contributed by atoms with Gasteiger partial charge in [0.05, 0.1) is 12.8 Å². The molecule has 1 heterocycles. The average Bonchev–Trinajstić information content (AvgIpc) is 2.71. The first-order valence-electron chi connectivity index (χ1n) is 8.96. The molecule has 0 saturated carbocycles. The van der Waals surface area contributed by atoms with Crippen molar-refractivity contribution < 1.29 is 4.74 Å². The molecule has 27 heavy (non-hydrogen) atoms. The molecule has 3 nitrogen and oxygen atoms in total. The van der Waals surface area contributed by atoms with Gasteiger partial charge in [0.25, 0.3) is 5.56 Å². The van der Waals surface area contributed by atoms with Gasteiger partial charge in [-0.15, -0.1) is 0 Å². The standard InChI is InChI=1S/C24H21NO2/c1-16-8-12-19(13-9-16)25-23(18-10-14-20(27-3)15-11-18)17(2)21-6-4-5-7-22(21)24(25)26/h4-15H,1-3H3. The molecule has 3 heteroatoms. The highest BCUT2D eigenvalue weighted by molar-refractivity contribution is 5.90. The zero-order chi connectivity index (χ0) is 19.0. The third kappa shape index (κ3) is 2.91. The largest absolute Gasteiger partial charge is 0.497 e. The first kappa shape index (κ1) is 17.1. The highest BCUT2D eigenvalue weighted by atomic mass is 16.5. The van der Waals surface area contributed by atoms with Gasteiger partial charge in [0.2, 0.25) is 0 Å². The second-order valence-electron chi connectivity index (χ2n) is 6.72. The van der Waals surface area contributed by atoms with E-state index < -0.39 is 0 Å². The molecule has 4 aromatic rings. The van der Waals surface area contributed by atoms with Crippen molar-refractivity contribution in [3.8, 4) is 22.7 Å². The molecular formula is C24H21NO2. The van der Waals surface area contributed by atoms with Crippen molar-refractivity contribution >= 4 is 10.8 Å². The average molecular weight is 355 g/mol. The first-order chi connectivity index (χ1) is 13.1. The van der Waals surface area contributed by atoms with Gasteiger partial charge in [-0.05, 0) is 72.8 Å². The third-order valence-corrected chi connectivity index (χ3v) is 5.00. The van der Waals surface area contributed by atoms with E-state index in [9.17, 15) is 4.79 Å². The Bertz CT molecular complexity index is 1170. The van der Waals surface area contributed by atoms with Crippen molar-refractivity contribution in [3.05, 3.63) is 94.3 Å². The van der Waals surface area contributed by atoms with E-state index in [4.69, 9.17) is 4.74 Å². The number of hydrogen-bond donors (Lipinski definition) is 0. The number of aromatic nitrogens is 1. The van der Waals surface area contributed by atoms with Crippen LogP contribution >= 0.6 is 0 Å². The van der Waals surface area contributed by atoms with Gasteiger partial charge in [-0.25, -0.2) is 0 Å². The molecule has 1 aromatic heterocycles. The minimum atomic E-state index is -0.00845. The van der Waals surface area contributed by atoms with Crippen molar-refractivity contribution in [2.45, 2.75) is 13.8 Å². The Balaban J connectivity index is 2.11. The van der Waals surface area contributed by atoms with Crippen LogP contribution < -0.4 is 10.3 Å². The normalized spacial score (nSPS) is 10.9. The number of nitrogens with zero attached hydrogens (tertiary/aromatic N) is 1. The minimum Gasteiger partial charge on any atom is -0.497 e. The van der Waals surface area contributed by atoms with Gasteiger partial charge in [-0.2, -0.15) is 0 Å². The van der Waals surface area contributed by atoms with Crippen LogP contribution in [0.1, 0.15) is 11.1 Å². The molecule has 0 amide bonds. The molecule has 0 aliphatic rings. The van der Waals surface area contributed by atoms with Gasteiger partial charge < -0.3 is 4.74 Å². The van der Waals surface area contributed by atoms with Crippen molar-refractivity contribution in [3.63, 3.8) is 0 Å². The fourth-order valence-corrected chi connectivity index (χ4v) is 3.55. The number of benzene rings is 3. The van der Waals surface area contributed by atoms with Crippen LogP contribution in [0.4, 0.5) is 0 Å². The van der Waals surface area contributed by atoms with E-state index in [1.54, 1.807) is 7.11 Å². The minimum absolute atomic E-state index is 0.00845. The lowest BCUT2D eigenvalue weighted by Gasteiger charge is -2.19. The summed E-state index contributed by atoms with van der Waals surface area (Å²) in [5.74, 6) is 0.793. The fourth-order valence-electron chi connectivity index (χ4n) is 3.55. The van der Waals surface area contributed by atoms with Crippen LogP contribution in [0.2, 0.25) is 0 Å². The summed E-state index contributed by atoms with van der Waals surface area (Å²) in [7, 11) is 1.65. The Labute approximate surface area is 158 Å². The van der Waals surface area contributed by atoms with Crippen LogP contribution in [0.15, 0.2) is 77.6 Å². The van der Waals surface area contributed by atoms with E-state index in [0.29, 0.717) is 0 Å². The number of fused-ring (bicyclic) bond motifs is 1. The second kappa shape index (κ2) is 6.76. The van der Waals surface area contributed by atoms with Gasteiger partial charge in [-0.1, -0.05) is 35.9 Å². The van der Waals surface area contributed by atoms with E-state index in [-0.39, 0.29) is 5.56 Å². The predicted octanol–water partition coefficient (Wildman–Crippen LogP) is 5.28. The number of ether oxygens (including phenoxy) is 1. The molecule has 0 N–H and O–H groups in total. The summed E-state index contributed by atoms with van der Waals surface area (Å²) >= 11 is 0. The van der Waals surface area contributed by atoms with Crippen LogP contribution in [0.5, 0.6) is 5.75 Å². The molecule has 0 spiro atoms. The molecule has 3 aromatic carbocycles. The van der Waals surface area contributed by atoms with Gasteiger partial charge in [0.1, 0.15) is 5.75 Å². The zero-order valence-corrected chi connectivity index (χ0v) is 15.7. The lowest BCUT2D eigenvalue weighted by Crippen LogP contribution is -2.21. The van der Waals surface area contributed by atoms with Gasteiger partial charge >= 0.3 is 0 Å².